The van der Waals surface area contributed by atoms with E-state index in [1.54, 1.807) is 7.05 Å². The van der Waals surface area contributed by atoms with Gasteiger partial charge >= 0.3 is 0 Å². The summed E-state index contributed by atoms with van der Waals surface area (Å²) in [5, 5.41) is 3.48. The Morgan fingerprint density at radius 2 is 1.74 bits per heavy atom. The number of anilines is 1. The Morgan fingerprint density at radius 1 is 1.02 bits per heavy atom. The number of nitrogens with zero attached hydrogens (tertiary/aromatic N) is 5. The summed E-state index contributed by atoms with van der Waals surface area (Å²) in [4.78, 5) is 27.3. The van der Waals surface area contributed by atoms with Crippen molar-refractivity contribution in [3.63, 3.8) is 0 Å². The Balaban J connectivity index is 1.15. The first-order valence-electron chi connectivity index (χ1n) is 15.8. The van der Waals surface area contributed by atoms with E-state index in [0.717, 1.165) is 63.6 Å². The number of hydrogen-bond acceptors (Lipinski definition) is 8. The fraction of sp³-hybridized carbons (Fsp3) is 0.656. The van der Waals surface area contributed by atoms with Crippen molar-refractivity contribution < 1.29 is 17.9 Å². The zero-order valence-electron chi connectivity index (χ0n) is 26.4. The van der Waals surface area contributed by atoms with Crippen LogP contribution in [0.3, 0.4) is 0 Å². The summed E-state index contributed by atoms with van der Waals surface area (Å²) in [5.74, 6) is 1.25. The maximum atomic E-state index is 13.7. The average molecular weight is 613 g/mol. The Labute approximate surface area is 257 Å². The van der Waals surface area contributed by atoms with Crippen LogP contribution in [0.15, 0.2) is 24.3 Å². The van der Waals surface area contributed by atoms with Gasteiger partial charge in [-0.3, -0.25) is 4.79 Å². The van der Waals surface area contributed by atoms with Crippen LogP contribution in [0.2, 0.25) is 0 Å². The molecule has 0 unspecified atom stereocenters. The lowest BCUT2D eigenvalue weighted by molar-refractivity contribution is -0.0442. The number of likely N-dealkylation sites (tertiary alicyclic amines) is 2. The molecule has 1 aromatic heterocycles. The van der Waals surface area contributed by atoms with Crippen LogP contribution < -0.4 is 5.32 Å². The van der Waals surface area contributed by atoms with E-state index in [-0.39, 0.29) is 24.2 Å². The molecule has 1 N–H and O–H groups in total. The monoisotopic (exact) mass is 612 g/mol. The van der Waals surface area contributed by atoms with Gasteiger partial charge in [-0.05, 0) is 84.4 Å². The van der Waals surface area contributed by atoms with Gasteiger partial charge in [0.15, 0.2) is 0 Å². The highest BCUT2D eigenvalue weighted by molar-refractivity contribution is 7.88. The van der Waals surface area contributed by atoms with Gasteiger partial charge < -0.3 is 19.9 Å². The summed E-state index contributed by atoms with van der Waals surface area (Å²) in [5.41, 5.74) is 3.73. The van der Waals surface area contributed by atoms with E-state index in [2.05, 4.69) is 51.4 Å². The second-order valence-electron chi connectivity index (χ2n) is 12.6. The van der Waals surface area contributed by atoms with Crippen molar-refractivity contribution in [2.75, 3.05) is 51.3 Å². The van der Waals surface area contributed by atoms with Gasteiger partial charge in [-0.15, -0.1) is 0 Å². The first-order chi connectivity index (χ1) is 20.5. The van der Waals surface area contributed by atoms with Gasteiger partial charge in [-0.25, -0.2) is 22.7 Å². The quantitative estimate of drug-likeness (QED) is 0.475. The molecule has 2 atom stereocenters. The van der Waals surface area contributed by atoms with Gasteiger partial charge in [-0.1, -0.05) is 29.8 Å². The van der Waals surface area contributed by atoms with Gasteiger partial charge in [0.2, 0.25) is 10.0 Å². The standard InChI is InChI=1S/C32H48N6O4S/c1-22-8-6-9-25(20-22)29-11-7-10-28(42-29)21-33-31-23(2)30(34-24(3)35-31)32(39)38-18-14-27(15-19-38)37-16-12-26(13-17-37)36(4)43(5,40)41/h6,8-9,20,26-29H,7,10-19,21H2,1-5H3,(H,33,34,35)/t28-,29+/m0/s1. The molecule has 0 spiro atoms. The van der Waals surface area contributed by atoms with Crippen LogP contribution in [0, 0.1) is 20.8 Å². The van der Waals surface area contributed by atoms with E-state index in [0.29, 0.717) is 43.0 Å². The highest BCUT2D eigenvalue weighted by atomic mass is 32.2. The molecule has 3 aliphatic rings. The topological polar surface area (TPSA) is 108 Å². The number of nitrogens with one attached hydrogen (secondary N) is 1. The highest BCUT2D eigenvalue weighted by Gasteiger charge is 2.33. The molecule has 1 aromatic carbocycles. The lowest BCUT2D eigenvalue weighted by Crippen LogP contribution is -2.52. The molecule has 3 aliphatic heterocycles. The molecular weight excluding hydrogens is 564 g/mol. The van der Waals surface area contributed by atoms with Crippen molar-refractivity contribution in [1.29, 1.82) is 0 Å². The SMILES string of the molecule is Cc1cccc([C@H]2CCC[C@@H](CNc3nc(C)nc(C(=O)N4CCC(N5CCC(N(C)S(C)(=O)=O)CC5)CC4)c3C)O2)c1. The van der Waals surface area contributed by atoms with Crippen molar-refractivity contribution in [3.8, 4) is 0 Å². The third-order valence-corrected chi connectivity index (χ3v) is 10.9. The lowest BCUT2D eigenvalue weighted by Gasteiger charge is -2.43. The molecule has 2 aromatic rings. The molecule has 3 fully saturated rings. The number of piperidine rings is 2. The molecule has 5 rings (SSSR count). The number of rotatable bonds is 8. The van der Waals surface area contributed by atoms with E-state index in [1.165, 1.54) is 21.7 Å². The molecular formula is C32H48N6O4S. The predicted octanol–water partition coefficient (Wildman–Crippen LogP) is 4.08. The van der Waals surface area contributed by atoms with Crippen LogP contribution in [-0.2, 0) is 14.8 Å². The number of ether oxygens (including phenoxy) is 1. The minimum atomic E-state index is -3.17. The van der Waals surface area contributed by atoms with Crippen molar-refractivity contribution in [2.45, 2.75) is 90.0 Å². The number of aromatic nitrogens is 2. The van der Waals surface area contributed by atoms with Crippen LogP contribution in [0.5, 0.6) is 0 Å². The molecule has 0 radical (unpaired) electrons. The van der Waals surface area contributed by atoms with E-state index in [4.69, 9.17) is 4.74 Å². The number of amides is 1. The van der Waals surface area contributed by atoms with E-state index in [1.807, 2.05) is 18.7 Å². The van der Waals surface area contributed by atoms with Gasteiger partial charge in [0.05, 0.1) is 18.5 Å². The van der Waals surface area contributed by atoms with E-state index >= 15 is 0 Å². The number of carbonyl (C=O) groups excluding carboxylic acids is 1. The lowest BCUT2D eigenvalue weighted by atomic mass is 9.97. The third kappa shape index (κ3) is 7.74. The largest absolute Gasteiger partial charge is 0.368 e. The van der Waals surface area contributed by atoms with Crippen LogP contribution >= 0.6 is 0 Å². The van der Waals surface area contributed by atoms with E-state index < -0.39 is 10.0 Å². The zero-order valence-corrected chi connectivity index (χ0v) is 27.2. The van der Waals surface area contributed by atoms with Crippen molar-refractivity contribution in [1.82, 2.24) is 24.1 Å². The average Bonchev–Trinajstić information content (AvgIpc) is 3.00. The number of sulfonamides is 1. The number of benzene rings is 1. The maximum Gasteiger partial charge on any atom is 0.272 e. The fourth-order valence-corrected chi connectivity index (χ4v) is 7.61. The van der Waals surface area contributed by atoms with Gasteiger partial charge in [0, 0.05) is 44.3 Å². The number of carbonyl (C=O) groups is 1. The highest BCUT2D eigenvalue weighted by Crippen LogP contribution is 2.32. The molecule has 1 amide bonds. The molecule has 236 valence electrons. The van der Waals surface area contributed by atoms with Gasteiger partial charge in [-0.2, -0.15) is 0 Å². The fourth-order valence-electron chi connectivity index (χ4n) is 6.85. The summed E-state index contributed by atoms with van der Waals surface area (Å²) >= 11 is 0. The van der Waals surface area contributed by atoms with Crippen LogP contribution in [0.1, 0.15) is 84.1 Å². The van der Waals surface area contributed by atoms with Crippen molar-refractivity contribution in [3.05, 3.63) is 52.5 Å². The Bertz CT molecular complexity index is 1390. The second kappa shape index (κ2) is 13.6. The van der Waals surface area contributed by atoms with Crippen molar-refractivity contribution in [2.24, 2.45) is 0 Å². The Hall–Kier alpha value is -2.60. The summed E-state index contributed by atoms with van der Waals surface area (Å²) in [6.45, 7) is 9.66. The van der Waals surface area contributed by atoms with Gasteiger partial charge in [0.25, 0.3) is 5.91 Å². The molecule has 11 heteroatoms. The van der Waals surface area contributed by atoms with E-state index in [9.17, 15) is 13.2 Å². The first kappa shape index (κ1) is 31.8. The molecule has 3 saturated heterocycles. The van der Waals surface area contributed by atoms with Crippen molar-refractivity contribution >= 4 is 21.7 Å². The summed E-state index contributed by atoms with van der Waals surface area (Å²) in [7, 11) is -1.49. The Morgan fingerprint density at radius 3 is 2.42 bits per heavy atom. The number of aryl methyl sites for hydroxylation is 2. The first-order valence-corrected chi connectivity index (χ1v) is 17.6. The normalized spacial score (nSPS) is 23.1. The molecule has 10 nitrogen and oxygen atoms in total. The minimum Gasteiger partial charge on any atom is -0.368 e. The predicted molar refractivity (Wildman–Crippen MR) is 169 cm³/mol. The molecule has 43 heavy (non-hydrogen) atoms. The molecule has 0 saturated carbocycles. The summed E-state index contributed by atoms with van der Waals surface area (Å²) in [6.07, 6.45) is 8.10. The third-order valence-electron chi connectivity index (χ3n) is 9.52. The minimum absolute atomic E-state index is 0.0357. The molecule has 4 heterocycles. The van der Waals surface area contributed by atoms with Crippen LogP contribution in [-0.4, -0.2) is 103 Å². The molecule has 0 aliphatic carbocycles. The summed E-state index contributed by atoms with van der Waals surface area (Å²) < 4.78 is 31.9. The maximum absolute atomic E-state index is 13.7. The van der Waals surface area contributed by atoms with Gasteiger partial charge in [0.1, 0.15) is 17.3 Å². The summed E-state index contributed by atoms with van der Waals surface area (Å²) in [6, 6.07) is 9.04. The smallest absolute Gasteiger partial charge is 0.272 e. The zero-order chi connectivity index (χ0) is 30.7. The second-order valence-corrected chi connectivity index (χ2v) is 14.7. The van der Waals surface area contributed by atoms with Crippen LogP contribution in [0.25, 0.3) is 0 Å². The van der Waals surface area contributed by atoms with Crippen LogP contribution in [0.4, 0.5) is 5.82 Å². The molecule has 0 bridgehead atoms. The number of hydrogen-bond donors (Lipinski definition) is 1. The Kier molecular flexibility index (Phi) is 10.0.